The summed E-state index contributed by atoms with van der Waals surface area (Å²) >= 11 is 1.22. The number of thiophene rings is 1. The number of hydrogen-bond donors (Lipinski definition) is 0. The monoisotopic (exact) mass is 471 g/mol. The molecule has 0 radical (unpaired) electrons. The van der Waals surface area contributed by atoms with Crippen molar-refractivity contribution in [2.75, 3.05) is 59.0 Å². The molecule has 1 aromatic rings. The molecule has 3 aliphatic rings. The Balaban J connectivity index is 1.36. The van der Waals surface area contributed by atoms with Crippen LogP contribution in [0.25, 0.3) is 0 Å². The Morgan fingerprint density at radius 3 is 2.39 bits per heavy atom. The van der Waals surface area contributed by atoms with E-state index in [9.17, 15) is 13.2 Å². The Morgan fingerprint density at radius 2 is 1.74 bits per heavy atom. The molecule has 0 N–H and O–H groups in total. The molecule has 2 atom stereocenters. The van der Waals surface area contributed by atoms with E-state index in [1.807, 2.05) is 4.90 Å². The summed E-state index contributed by atoms with van der Waals surface area (Å²) in [6.07, 6.45) is 2.41. The molecule has 4 heterocycles. The Bertz CT molecular complexity index is 850. The van der Waals surface area contributed by atoms with Crippen molar-refractivity contribution in [2.24, 2.45) is 5.92 Å². The first-order chi connectivity index (χ1) is 14.8. The van der Waals surface area contributed by atoms with Crippen LogP contribution in [0.4, 0.5) is 0 Å². The van der Waals surface area contributed by atoms with E-state index < -0.39 is 10.0 Å². The van der Waals surface area contributed by atoms with Gasteiger partial charge in [0.15, 0.2) is 0 Å². The SMILES string of the molecule is CC1CN(CC2CCN(C(=O)c3sccc3S(=O)(=O)N3CCOCC3)CC2)CC(C)O1. The summed E-state index contributed by atoms with van der Waals surface area (Å²) in [5, 5.41) is 1.70. The van der Waals surface area contributed by atoms with Crippen LogP contribution in [0.5, 0.6) is 0 Å². The summed E-state index contributed by atoms with van der Waals surface area (Å²) in [4.78, 5) is 18.0. The first-order valence-corrected chi connectivity index (χ1v) is 13.5. The maximum atomic E-state index is 13.2. The second-order valence-electron chi connectivity index (χ2n) is 8.84. The minimum atomic E-state index is -3.68. The van der Waals surface area contributed by atoms with E-state index in [1.54, 1.807) is 11.4 Å². The quantitative estimate of drug-likeness (QED) is 0.651. The Labute approximate surface area is 189 Å². The molecule has 0 bridgehead atoms. The zero-order valence-corrected chi connectivity index (χ0v) is 20.0. The van der Waals surface area contributed by atoms with Gasteiger partial charge in [-0.2, -0.15) is 4.31 Å². The third-order valence-electron chi connectivity index (χ3n) is 6.32. The molecule has 3 aliphatic heterocycles. The molecule has 0 aromatic carbocycles. The third kappa shape index (κ3) is 5.31. The number of carbonyl (C=O) groups excluding carboxylic acids is 1. The average molecular weight is 472 g/mol. The number of amides is 1. The van der Waals surface area contributed by atoms with Gasteiger partial charge in [-0.05, 0) is 44.1 Å². The van der Waals surface area contributed by atoms with Gasteiger partial charge in [-0.3, -0.25) is 9.69 Å². The normalized spacial score (nSPS) is 27.5. The summed E-state index contributed by atoms with van der Waals surface area (Å²) in [7, 11) is -3.68. The number of carbonyl (C=O) groups is 1. The van der Waals surface area contributed by atoms with Gasteiger partial charge in [0, 0.05) is 45.8 Å². The van der Waals surface area contributed by atoms with Crippen LogP contribution in [-0.4, -0.2) is 99.7 Å². The van der Waals surface area contributed by atoms with Crippen LogP contribution in [-0.2, 0) is 19.5 Å². The number of rotatable bonds is 5. The fourth-order valence-corrected chi connectivity index (χ4v) is 7.61. The number of sulfonamides is 1. The van der Waals surface area contributed by atoms with Gasteiger partial charge in [0.25, 0.3) is 5.91 Å². The Hall–Kier alpha value is -1.04. The lowest BCUT2D eigenvalue weighted by molar-refractivity contribution is -0.0728. The Kier molecular flexibility index (Phi) is 7.34. The highest BCUT2D eigenvalue weighted by molar-refractivity contribution is 7.89. The van der Waals surface area contributed by atoms with Gasteiger partial charge in [0.2, 0.25) is 10.0 Å². The summed E-state index contributed by atoms with van der Waals surface area (Å²) < 4.78 is 38.7. The van der Waals surface area contributed by atoms with Gasteiger partial charge in [-0.1, -0.05) is 0 Å². The van der Waals surface area contributed by atoms with Gasteiger partial charge in [-0.15, -0.1) is 11.3 Å². The molecule has 0 saturated carbocycles. The van der Waals surface area contributed by atoms with Crippen molar-refractivity contribution in [3.8, 4) is 0 Å². The van der Waals surface area contributed by atoms with Crippen molar-refractivity contribution >= 4 is 27.3 Å². The van der Waals surface area contributed by atoms with E-state index in [1.165, 1.54) is 15.6 Å². The fourth-order valence-electron chi connectivity index (χ4n) is 4.84. The van der Waals surface area contributed by atoms with Crippen molar-refractivity contribution in [2.45, 2.75) is 43.8 Å². The molecule has 2 unspecified atom stereocenters. The van der Waals surface area contributed by atoms with Crippen molar-refractivity contribution in [1.29, 1.82) is 0 Å². The molecule has 1 aromatic heterocycles. The number of nitrogens with zero attached hydrogens (tertiary/aromatic N) is 3. The second-order valence-corrected chi connectivity index (χ2v) is 11.7. The fraction of sp³-hybridized carbons (Fsp3) is 0.762. The van der Waals surface area contributed by atoms with E-state index in [2.05, 4.69) is 18.7 Å². The van der Waals surface area contributed by atoms with Crippen LogP contribution in [0.1, 0.15) is 36.4 Å². The minimum absolute atomic E-state index is 0.141. The predicted octanol–water partition coefficient (Wildman–Crippen LogP) is 1.73. The molecule has 8 nitrogen and oxygen atoms in total. The molecule has 0 spiro atoms. The largest absolute Gasteiger partial charge is 0.379 e. The highest BCUT2D eigenvalue weighted by Crippen LogP contribution is 2.29. The van der Waals surface area contributed by atoms with E-state index in [4.69, 9.17) is 9.47 Å². The predicted molar refractivity (Wildman–Crippen MR) is 119 cm³/mol. The van der Waals surface area contributed by atoms with Crippen molar-refractivity contribution in [3.05, 3.63) is 16.3 Å². The van der Waals surface area contributed by atoms with E-state index in [-0.39, 0.29) is 23.0 Å². The maximum absolute atomic E-state index is 13.2. The molecule has 1 amide bonds. The van der Waals surface area contributed by atoms with Gasteiger partial charge in [0.1, 0.15) is 9.77 Å². The van der Waals surface area contributed by atoms with E-state index >= 15 is 0 Å². The zero-order valence-electron chi connectivity index (χ0n) is 18.4. The zero-order chi connectivity index (χ0) is 22.0. The summed E-state index contributed by atoms with van der Waals surface area (Å²) in [5.74, 6) is 0.398. The van der Waals surface area contributed by atoms with Crippen LogP contribution < -0.4 is 0 Å². The first kappa shape index (κ1) is 23.1. The van der Waals surface area contributed by atoms with Crippen LogP contribution >= 0.6 is 11.3 Å². The second kappa shape index (κ2) is 9.84. The molecule has 174 valence electrons. The lowest BCUT2D eigenvalue weighted by Crippen LogP contribution is -2.48. The molecular weight excluding hydrogens is 438 g/mol. The number of morpholine rings is 2. The highest BCUT2D eigenvalue weighted by Gasteiger charge is 2.34. The lowest BCUT2D eigenvalue weighted by atomic mass is 9.95. The van der Waals surface area contributed by atoms with Gasteiger partial charge in [-0.25, -0.2) is 8.42 Å². The average Bonchev–Trinajstić information content (AvgIpc) is 3.24. The van der Waals surface area contributed by atoms with Crippen LogP contribution in [0, 0.1) is 5.92 Å². The molecule has 10 heteroatoms. The maximum Gasteiger partial charge on any atom is 0.265 e. The van der Waals surface area contributed by atoms with Crippen LogP contribution in [0.2, 0.25) is 0 Å². The van der Waals surface area contributed by atoms with Gasteiger partial charge < -0.3 is 14.4 Å². The molecule has 3 fully saturated rings. The molecule has 31 heavy (non-hydrogen) atoms. The summed E-state index contributed by atoms with van der Waals surface area (Å²) in [5.41, 5.74) is 0. The lowest BCUT2D eigenvalue weighted by Gasteiger charge is -2.39. The van der Waals surface area contributed by atoms with Gasteiger partial charge in [0.05, 0.1) is 25.4 Å². The molecule has 3 saturated heterocycles. The van der Waals surface area contributed by atoms with E-state index in [0.29, 0.717) is 50.2 Å². The smallest absolute Gasteiger partial charge is 0.265 e. The summed E-state index contributed by atoms with van der Waals surface area (Å²) in [6, 6.07) is 1.57. The number of ether oxygens (including phenoxy) is 2. The summed E-state index contributed by atoms with van der Waals surface area (Å²) in [6.45, 7) is 9.98. The van der Waals surface area contributed by atoms with E-state index in [0.717, 1.165) is 32.5 Å². The molecule has 4 rings (SSSR count). The molecule has 0 aliphatic carbocycles. The van der Waals surface area contributed by atoms with Crippen LogP contribution in [0.15, 0.2) is 16.3 Å². The highest BCUT2D eigenvalue weighted by atomic mass is 32.2. The van der Waals surface area contributed by atoms with Gasteiger partial charge >= 0.3 is 0 Å². The van der Waals surface area contributed by atoms with Crippen molar-refractivity contribution in [1.82, 2.24) is 14.1 Å². The standard InChI is InChI=1S/C21H33N3O5S2/c1-16-13-22(14-17(2)29-16)15-18-3-6-23(7-4-18)21(25)20-19(5-12-30-20)31(26,27)24-8-10-28-11-9-24/h5,12,16-18H,3-4,6-11,13-15H2,1-2H3. The molecular formula is C21H33N3O5S2. The number of likely N-dealkylation sites (tertiary alicyclic amines) is 1. The first-order valence-electron chi connectivity index (χ1n) is 11.2. The Morgan fingerprint density at radius 1 is 1.10 bits per heavy atom. The third-order valence-corrected chi connectivity index (χ3v) is 9.30. The number of hydrogen-bond acceptors (Lipinski definition) is 7. The van der Waals surface area contributed by atoms with Crippen molar-refractivity contribution < 1.29 is 22.7 Å². The van der Waals surface area contributed by atoms with Crippen LogP contribution in [0.3, 0.4) is 0 Å². The minimum Gasteiger partial charge on any atom is -0.379 e. The topological polar surface area (TPSA) is 79.4 Å². The van der Waals surface area contributed by atoms with Crippen molar-refractivity contribution in [3.63, 3.8) is 0 Å². The number of piperidine rings is 1.